The topological polar surface area (TPSA) is 45.7 Å². The molecule has 5 nitrogen and oxygen atoms in total. The Labute approximate surface area is 197 Å². The lowest BCUT2D eigenvalue weighted by molar-refractivity contribution is -0.116. The van der Waals surface area contributed by atoms with E-state index in [-0.39, 0.29) is 5.91 Å². The number of benzene rings is 2. The second-order valence-electron chi connectivity index (χ2n) is 7.05. The molecule has 1 aromatic heterocycles. The van der Waals surface area contributed by atoms with E-state index in [9.17, 15) is 4.79 Å². The Morgan fingerprint density at radius 3 is 2.48 bits per heavy atom. The first kappa shape index (κ1) is 23.9. The summed E-state index contributed by atoms with van der Waals surface area (Å²) >= 11 is 9.35. The number of amides is 1. The Morgan fingerprint density at radius 1 is 1.13 bits per heavy atom. The highest BCUT2D eigenvalue weighted by Crippen LogP contribution is 2.34. The van der Waals surface area contributed by atoms with Crippen molar-refractivity contribution in [3.8, 4) is 5.75 Å². The molecule has 2 aromatic carbocycles. The number of aryl methyl sites for hydroxylation is 1. The summed E-state index contributed by atoms with van der Waals surface area (Å²) in [5.74, 6) is 1.20. The summed E-state index contributed by atoms with van der Waals surface area (Å²) in [6, 6.07) is 11.6. The van der Waals surface area contributed by atoms with Crippen LogP contribution in [0.25, 0.3) is 10.2 Å². The van der Waals surface area contributed by atoms with Crippen LogP contribution in [0.1, 0.15) is 19.4 Å². The maximum Gasteiger partial charge on any atom is 0.239 e. The van der Waals surface area contributed by atoms with Gasteiger partial charge >= 0.3 is 0 Å². The summed E-state index contributed by atoms with van der Waals surface area (Å²) in [6.45, 7) is 9.56. The minimum absolute atomic E-state index is 0.0516. The molecule has 0 saturated carbocycles. The van der Waals surface area contributed by atoms with Crippen molar-refractivity contribution in [1.82, 2.24) is 9.88 Å². The predicted molar refractivity (Wildman–Crippen MR) is 133 cm³/mol. The van der Waals surface area contributed by atoms with E-state index in [1.165, 1.54) is 11.8 Å². The van der Waals surface area contributed by atoms with Crippen LogP contribution >= 0.6 is 34.7 Å². The molecule has 0 unspecified atom stereocenters. The summed E-state index contributed by atoms with van der Waals surface area (Å²) in [5.41, 5.74) is 1.82. The van der Waals surface area contributed by atoms with Crippen molar-refractivity contribution < 1.29 is 9.53 Å². The van der Waals surface area contributed by atoms with Crippen LogP contribution in [-0.4, -0.2) is 54.8 Å². The first-order chi connectivity index (χ1) is 15.0. The molecule has 0 saturated heterocycles. The molecule has 1 amide bonds. The number of fused-ring (bicyclic) bond motifs is 1. The van der Waals surface area contributed by atoms with E-state index < -0.39 is 0 Å². The maximum absolute atomic E-state index is 13.3. The number of hydrogen-bond donors (Lipinski definition) is 0. The molecule has 0 fully saturated rings. The van der Waals surface area contributed by atoms with Crippen LogP contribution in [0.2, 0.25) is 5.02 Å². The number of rotatable bonds is 10. The molecule has 0 aliphatic carbocycles. The number of likely N-dealkylation sites (N-methyl/N-ethyl adjacent to an activating group) is 1. The van der Waals surface area contributed by atoms with Crippen molar-refractivity contribution in [3.63, 3.8) is 0 Å². The van der Waals surface area contributed by atoms with E-state index in [2.05, 4.69) is 18.7 Å². The number of carbonyl (C=O) groups excluding carboxylic acids is 1. The Balaban J connectivity index is 1.81. The lowest BCUT2D eigenvalue weighted by atomic mass is 10.2. The molecule has 0 aliphatic heterocycles. The number of nitrogens with zero attached hydrogens (tertiary/aromatic N) is 3. The van der Waals surface area contributed by atoms with E-state index in [1.807, 2.05) is 48.2 Å². The van der Waals surface area contributed by atoms with Gasteiger partial charge in [-0.05, 0) is 62.0 Å². The van der Waals surface area contributed by atoms with Gasteiger partial charge in [-0.3, -0.25) is 9.69 Å². The molecule has 3 rings (SSSR count). The van der Waals surface area contributed by atoms with E-state index in [4.69, 9.17) is 21.3 Å². The second-order valence-corrected chi connectivity index (χ2v) is 9.52. The van der Waals surface area contributed by atoms with Gasteiger partial charge in [-0.15, -0.1) is 11.8 Å². The Bertz CT molecular complexity index is 1020. The fourth-order valence-corrected chi connectivity index (χ4v) is 5.20. The van der Waals surface area contributed by atoms with Gasteiger partial charge in [0.15, 0.2) is 5.13 Å². The number of ether oxygens (including phenoxy) is 1. The third-order valence-corrected chi connectivity index (χ3v) is 7.67. The average Bonchev–Trinajstić information content (AvgIpc) is 3.22. The van der Waals surface area contributed by atoms with Crippen LogP contribution in [0, 0.1) is 6.92 Å². The summed E-state index contributed by atoms with van der Waals surface area (Å²) in [5, 5.41) is 1.42. The SMILES string of the molecule is CCN(CC)CCN(C(=O)CSc1ccc(OC)cc1)c1nc2c(C)c(Cl)ccc2s1. The number of methoxy groups -OCH3 is 1. The summed E-state index contributed by atoms with van der Waals surface area (Å²) < 4.78 is 6.25. The lowest BCUT2D eigenvalue weighted by Crippen LogP contribution is -2.39. The summed E-state index contributed by atoms with van der Waals surface area (Å²) in [7, 11) is 1.65. The van der Waals surface area contributed by atoms with Crippen molar-refractivity contribution in [3.05, 3.63) is 47.0 Å². The number of halogens is 1. The second kappa shape index (κ2) is 11.2. The number of aromatic nitrogens is 1. The van der Waals surface area contributed by atoms with Gasteiger partial charge < -0.3 is 9.64 Å². The maximum atomic E-state index is 13.3. The first-order valence-electron chi connectivity index (χ1n) is 10.3. The van der Waals surface area contributed by atoms with Crippen molar-refractivity contribution in [2.75, 3.05) is 43.9 Å². The van der Waals surface area contributed by atoms with Gasteiger partial charge in [-0.2, -0.15) is 0 Å². The Hall–Kier alpha value is -1.80. The predicted octanol–water partition coefficient (Wildman–Crippen LogP) is 5.73. The molecule has 0 radical (unpaired) electrons. The molecule has 0 atom stereocenters. The van der Waals surface area contributed by atoms with Gasteiger partial charge in [-0.1, -0.05) is 36.8 Å². The van der Waals surface area contributed by atoms with Gasteiger partial charge in [0.25, 0.3) is 0 Å². The largest absolute Gasteiger partial charge is 0.497 e. The fourth-order valence-electron chi connectivity index (χ4n) is 3.21. The minimum atomic E-state index is 0.0516. The van der Waals surface area contributed by atoms with Crippen LogP contribution < -0.4 is 9.64 Å². The summed E-state index contributed by atoms with van der Waals surface area (Å²) in [6.07, 6.45) is 0. The zero-order valence-electron chi connectivity index (χ0n) is 18.4. The molecular formula is C23H28ClN3O2S2. The van der Waals surface area contributed by atoms with E-state index >= 15 is 0 Å². The first-order valence-corrected chi connectivity index (χ1v) is 12.5. The molecule has 31 heavy (non-hydrogen) atoms. The van der Waals surface area contributed by atoms with Crippen molar-refractivity contribution in [2.45, 2.75) is 25.7 Å². The van der Waals surface area contributed by atoms with E-state index in [0.717, 1.165) is 51.2 Å². The molecule has 1 heterocycles. The van der Waals surface area contributed by atoms with Crippen LogP contribution in [0.5, 0.6) is 5.75 Å². The average molecular weight is 478 g/mol. The molecule has 166 valence electrons. The van der Waals surface area contributed by atoms with Gasteiger partial charge in [-0.25, -0.2) is 4.98 Å². The van der Waals surface area contributed by atoms with Crippen LogP contribution in [-0.2, 0) is 4.79 Å². The highest BCUT2D eigenvalue weighted by Gasteiger charge is 2.21. The third-order valence-electron chi connectivity index (χ3n) is 5.22. The van der Waals surface area contributed by atoms with Crippen LogP contribution in [0.15, 0.2) is 41.3 Å². The van der Waals surface area contributed by atoms with E-state index in [1.54, 1.807) is 18.4 Å². The van der Waals surface area contributed by atoms with E-state index in [0.29, 0.717) is 17.3 Å². The minimum Gasteiger partial charge on any atom is -0.497 e. The van der Waals surface area contributed by atoms with Gasteiger partial charge in [0.05, 0.1) is 23.1 Å². The Kier molecular flexibility index (Phi) is 8.60. The van der Waals surface area contributed by atoms with Crippen LogP contribution in [0.4, 0.5) is 5.13 Å². The number of thiazole rings is 1. The van der Waals surface area contributed by atoms with Gasteiger partial charge in [0, 0.05) is 23.0 Å². The normalized spacial score (nSPS) is 11.3. The monoisotopic (exact) mass is 477 g/mol. The molecule has 0 aliphatic rings. The zero-order chi connectivity index (χ0) is 22.4. The number of carbonyl (C=O) groups is 1. The third kappa shape index (κ3) is 5.92. The molecule has 3 aromatic rings. The summed E-state index contributed by atoms with van der Waals surface area (Å²) in [4.78, 5) is 23.2. The molecular weight excluding hydrogens is 450 g/mol. The number of thioether (sulfide) groups is 1. The number of anilines is 1. The van der Waals surface area contributed by atoms with Crippen LogP contribution in [0.3, 0.4) is 0 Å². The highest BCUT2D eigenvalue weighted by atomic mass is 35.5. The highest BCUT2D eigenvalue weighted by molar-refractivity contribution is 8.00. The van der Waals surface area contributed by atoms with Crippen molar-refractivity contribution in [1.29, 1.82) is 0 Å². The molecule has 0 bridgehead atoms. The smallest absolute Gasteiger partial charge is 0.239 e. The molecule has 0 N–H and O–H groups in total. The van der Waals surface area contributed by atoms with Gasteiger partial charge in [0.2, 0.25) is 5.91 Å². The lowest BCUT2D eigenvalue weighted by Gasteiger charge is -2.24. The number of hydrogen-bond acceptors (Lipinski definition) is 6. The van der Waals surface area contributed by atoms with Crippen molar-refractivity contribution in [2.24, 2.45) is 0 Å². The molecule has 8 heteroatoms. The zero-order valence-corrected chi connectivity index (χ0v) is 20.7. The molecule has 0 spiro atoms. The quantitative estimate of drug-likeness (QED) is 0.349. The van der Waals surface area contributed by atoms with Gasteiger partial charge in [0.1, 0.15) is 5.75 Å². The van der Waals surface area contributed by atoms with Crippen molar-refractivity contribution >= 4 is 56.0 Å². The fraction of sp³-hybridized carbons (Fsp3) is 0.391. The standard InChI is InChI=1S/C23H28ClN3O2S2/c1-5-26(6-2)13-14-27(21(28)15-30-18-9-7-17(29-4)8-10-18)23-25-22-16(3)19(24)11-12-20(22)31-23/h7-12H,5-6,13-15H2,1-4H3. The Morgan fingerprint density at radius 2 is 1.84 bits per heavy atom.